The van der Waals surface area contributed by atoms with Crippen LogP contribution in [0, 0.1) is 6.92 Å². The maximum atomic E-state index is 11.7. The number of aliphatic carboxylic acids is 1. The number of nitrogens with zero attached hydrogens (tertiary/aromatic N) is 4. The molecule has 25 heavy (non-hydrogen) atoms. The van der Waals surface area contributed by atoms with Crippen LogP contribution in [0.4, 0.5) is 0 Å². The van der Waals surface area contributed by atoms with Crippen LogP contribution in [0.15, 0.2) is 46.9 Å². The van der Waals surface area contributed by atoms with Gasteiger partial charge in [-0.1, -0.05) is 30.3 Å². The van der Waals surface area contributed by atoms with Crippen LogP contribution < -0.4 is 0 Å². The molecule has 1 unspecified atom stereocenters. The van der Waals surface area contributed by atoms with Gasteiger partial charge < -0.3 is 14.1 Å². The molecule has 1 atom stereocenters. The van der Waals surface area contributed by atoms with E-state index >= 15 is 0 Å². The predicted octanol–water partition coefficient (Wildman–Crippen LogP) is 2.32. The first-order valence-corrected chi connectivity index (χ1v) is 8.11. The van der Waals surface area contributed by atoms with Gasteiger partial charge in [0.15, 0.2) is 0 Å². The Morgan fingerprint density at radius 3 is 2.80 bits per heavy atom. The summed E-state index contributed by atoms with van der Waals surface area (Å²) in [5.74, 6) is 2.18. The van der Waals surface area contributed by atoms with Crippen LogP contribution in [0.1, 0.15) is 17.4 Å². The Morgan fingerprint density at radius 1 is 1.24 bits per heavy atom. The van der Waals surface area contributed by atoms with Crippen LogP contribution in [0.5, 0.6) is 0 Å². The number of furan rings is 1. The van der Waals surface area contributed by atoms with Crippen molar-refractivity contribution in [3.63, 3.8) is 0 Å². The monoisotopic (exact) mass is 338 g/mol. The highest BCUT2D eigenvalue weighted by Crippen LogP contribution is 2.25. The fraction of sp³-hybridized carbons (Fsp3) is 0.278. The van der Waals surface area contributed by atoms with Crippen LogP contribution >= 0.6 is 0 Å². The molecular formula is C18H18N4O3. The average molecular weight is 338 g/mol. The van der Waals surface area contributed by atoms with Crippen LogP contribution in [-0.4, -0.2) is 36.8 Å². The van der Waals surface area contributed by atoms with Gasteiger partial charge in [0.1, 0.15) is 29.2 Å². The Kier molecular flexibility index (Phi) is 3.85. The SMILES string of the molecule is Cc1nnc2n1CC(C(=O)O)N(Cc1ccc(-c3ccccc3)o1)C2. The molecule has 0 amide bonds. The zero-order valence-corrected chi connectivity index (χ0v) is 13.8. The van der Waals surface area contributed by atoms with Crippen molar-refractivity contribution in [2.75, 3.05) is 0 Å². The molecule has 2 aromatic heterocycles. The molecule has 1 aliphatic heterocycles. The second-order valence-corrected chi connectivity index (χ2v) is 6.17. The first-order chi connectivity index (χ1) is 12.1. The number of carboxylic acids is 1. The van der Waals surface area contributed by atoms with Gasteiger partial charge >= 0.3 is 5.97 Å². The third kappa shape index (κ3) is 2.94. The Labute approximate surface area is 144 Å². The number of fused-ring (bicyclic) bond motifs is 1. The Bertz CT molecular complexity index is 900. The van der Waals surface area contributed by atoms with E-state index in [2.05, 4.69) is 10.2 Å². The van der Waals surface area contributed by atoms with E-state index in [0.717, 1.165) is 28.7 Å². The van der Waals surface area contributed by atoms with Gasteiger partial charge in [-0.3, -0.25) is 9.69 Å². The van der Waals surface area contributed by atoms with Crippen molar-refractivity contribution in [3.8, 4) is 11.3 Å². The predicted molar refractivity (Wildman–Crippen MR) is 89.6 cm³/mol. The summed E-state index contributed by atoms with van der Waals surface area (Å²) in [6.45, 7) is 3.02. The van der Waals surface area contributed by atoms with Crippen LogP contribution in [-0.2, 0) is 24.4 Å². The van der Waals surface area contributed by atoms with Gasteiger partial charge in [0.05, 0.1) is 19.6 Å². The summed E-state index contributed by atoms with van der Waals surface area (Å²) in [6, 6.07) is 13.0. The molecule has 0 spiro atoms. The number of benzene rings is 1. The molecule has 128 valence electrons. The number of rotatable bonds is 4. The van der Waals surface area contributed by atoms with Gasteiger partial charge in [-0.25, -0.2) is 0 Å². The second kappa shape index (κ2) is 6.18. The molecule has 0 bridgehead atoms. The summed E-state index contributed by atoms with van der Waals surface area (Å²) in [4.78, 5) is 13.6. The lowest BCUT2D eigenvalue weighted by atomic mass is 10.1. The first kappa shape index (κ1) is 15.6. The summed E-state index contributed by atoms with van der Waals surface area (Å²) < 4.78 is 7.78. The summed E-state index contributed by atoms with van der Waals surface area (Å²) in [5.41, 5.74) is 0.998. The van der Waals surface area contributed by atoms with Crippen molar-refractivity contribution in [1.82, 2.24) is 19.7 Å². The Morgan fingerprint density at radius 2 is 2.04 bits per heavy atom. The lowest BCUT2D eigenvalue weighted by Crippen LogP contribution is -2.47. The number of carbonyl (C=O) groups is 1. The number of aromatic nitrogens is 3. The third-order valence-corrected chi connectivity index (χ3v) is 4.52. The molecule has 0 saturated carbocycles. The number of hydrogen-bond acceptors (Lipinski definition) is 5. The third-order valence-electron chi connectivity index (χ3n) is 4.52. The molecule has 0 radical (unpaired) electrons. The summed E-state index contributed by atoms with van der Waals surface area (Å²) in [6.07, 6.45) is 0. The largest absolute Gasteiger partial charge is 0.480 e. The molecular weight excluding hydrogens is 320 g/mol. The van der Waals surface area contributed by atoms with Crippen molar-refractivity contribution >= 4 is 5.97 Å². The molecule has 3 heterocycles. The van der Waals surface area contributed by atoms with E-state index in [-0.39, 0.29) is 0 Å². The average Bonchev–Trinajstić information content (AvgIpc) is 3.22. The van der Waals surface area contributed by atoms with E-state index in [1.807, 2.05) is 58.9 Å². The van der Waals surface area contributed by atoms with E-state index < -0.39 is 12.0 Å². The number of aryl methyl sites for hydroxylation is 1. The van der Waals surface area contributed by atoms with E-state index in [1.165, 1.54) is 0 Å². The molecule has 0 saturated heterocycles. The van der Waals surface area contributed by atoms with Gasteiger partial charge in [0.2, 0.25) is 0 Å². The maximum Gasteiger partial charge on any atom is 0.322 e. The van der Waals surface area contributed by atoms with E-state index in [0.29, 0.717) is 19.6 Å². The molecule has 7 heteroatoms. The summed E-state index contributed by atoms with van der Waals surface area (Å²) in [5, 5.41) is 17.8. The van der Waals surface area contributed by atoms with Crippen molar-refractivity contribution in [2.45, 2.75) is 32.6 Å². The van der Waals surface area contributed by atoms with E-state index in [9.17, 15) is 9.90 Å². The fourth-order valence-corrected chi connectivity index (χ4v) is 3.18. The van der Waals surface area contributed by atoms with Crippen molar-refractivity contribution in [3.05, 3.63) is 59.9 Å². The van der Waals surface area contributed by atoms with E-state index in [1.54, 1.807) is 0 Å². The minimum Gasteiger partial charge on any atom is -0.480 e. The Hall–Kier alpha value is -2.93. The molecule has 0 fully saturated rings. The maximum absolute atomic E-state index is 11.7. The quantitative estimate of drug-likeness (QED) is 0.786. The normalized spacial score (nSPS) is 17.4. The van der Waals surface area contributed by atoms with Gasteiger partial charge in [0.25, 0.3) is 0 Å². The summed E-state index contributed by atoms with van der Waals surface area (Å²) >= 11 is 0. The minimum absolute atomic E-state index is 0.343. The molecule has 7 nitrogen and oxygen atoms in total. The van der Waals surface area contributed by atoms with Crippen LogP contribution in [0.25, 0.3) is 11.3 Å². The lowest BCUT2D eigenvalue weighted by Gasteiger charge is -2.32. The topological polar surface area (TPSA) is 84.4 Å². The summed E-state index contributed by atoms with van der Waals surface area (Å²) in [7, 11) is 0. The number of hydrogen-bond donors (Lipinski definition) is 1. The molecule has 1 N–H and O–H groups in total. The molecule has 0 aliphatic carbocycles. The fourth-order valence-electron chi connectivity index (χ4n) is 3.18. The van der Waals surface area contributed by atoms with Crippen molar-refractivity contribution in [2.24, 2.45) is 0 Å². The molecule has 1 aromatic carbocycles. The zero-order valence-electron chi connectivity index (χ0n) is 13.8. The van der Waals surface area contributed by atoms with Gasteiger partial charge in [-0.05, 0) is 19.1 Å². The van der Waals surface area contributed by atoms with Gasteiger partial charge in [0, 0.05) is 5.56 Å². The molecule has 1 aliphatic rings. The van der Waals surface area contributed by atoms with Crippen molar-refractivity contribution in [1.29, 1.82) is 0 Å². The highest BCUT2D eigenvalue weighted by atomic mass is 16.4. The first-order valence-electron chi connectivity index (χ1n) is 8.11. The zero-order chi connectivity index (χ0) is 17.4. The van der Waals surface area contributed by atoms with Crippen LogP contribution in [0.2, 0.25) is 0 Å². The standard InChI is InChI=1S/C18H18N4O3/c1-12-19-20-17-11-21(15(18(23)24)10-22(12)17)9-14-7-8-16(25-14)13-5-3-2-4-6-13/h2-8,15H,9-11H2,1H3,(H,23,24). The van der Waals surface area contributed by atoms with E-state index in [4.69, 9.17) is 4.42 Å². The Balaban J connectivity index is 1.57. The highest BCUT2D eigenvalue weighted by molar-refractivity contribution is 5.73. The van der Waals surface area contributed by atoms with Gasteiger partial charge in [-0.15, -0.1) is 10.2 Å². The van der Waals surface area contributed by atoms with Gasteiger partial charge in [-0.2, -0.15) is 0 Å². The van der Waals surface area contributed by atoms with Crippen molar-refractivity contribution < 1.29 is 14.3 Å². The molecule has 4 rings (SSSR count). The highest BCUT2D eigenvalue weighted by Gasteiger charge is 2.33. The minimum atomic E-state index is -0.853. The molecule has 3 aromatic rings. The lowest BCUT2D eigenvalue weighted by molar-refractivity contribution is -0.145. The second-order valence-electron chi connectivity index (χ2n) is 6.17. The smallest absolute Gasteiger partial charge is 0.322 e. The number of carboxylic acid groups (broad SMARTS) is 1. The van der Waals surface area contributed by atoms with Crippen LogP contribution in [0.3, 0.4) is 0 Å².